The highest BCUT2D eigenvalue weighted by atomic mass is 35.5. The van der Waals surface area contributed by atoms with E-state index in [1.54, 1.807) is 25.3 Å². The number of ether oxygens (including phenoxy) is 2. The summed E-state index contributed by atoms with van der Waals surface area (Å²) in [4.78, 5) is 11.9. The Kier molecular flexibility index (Phi) is 6.11. The van der Waals surface area contributed by atoms with Gasteiger partial charge in [-0.1, -0.05) is 29.8 Å². The number of methoxy groups -OCH3 is 2. The molecule has 2 aromatic carbocycles. The minimum Gasteiger partial charge on any atom is -0.497 e. The molecule has 2 aromatic rings. The van der Waals surface area contributed by atoms with Gasteiger partial charge in [-0.3, -0.25) is 0 Å². The molecule has 0 aliphatic carbocycles. The quantitative estimate of drug-likeness (QED) is 0.846. The van der Waals surface area contributed by atoms with Crippen molar-refractivity contribution < 1.29 is 14.3 Å². The van der Waals surface area contributed by atoms with Crippen molar-refractivity contribution in [1.29, 1.82) is 0 Å². The van der Waals surface area contributed by atoms with Crippen LogP contribution in [-0.2, 0) is 6.42 Å². The third-order valence-electron chi connectivity index (χ3n) is 3.28. The first-order valence-electron chi connectivity index (χ1n) is 7.14. The minimum atomic E-state index is -0.306. The molecule has 122 valence electrons. The number of halogens is 1. The van der Waals surface area contributed by atoms with Crippen molar-refractivity contribution in [1.82, 2.24) is 5.32 Å². The monoisotopic (exact) mass is 334 g/mol. The Balaban J connectivity index is 1.84. The van der Waals surface area contributed by atoms with Gasteiger partial charge >= 0.3 is 6.03 Å². The molecule has 2 N–H and O–H groups in total. The highest BCUT2D eigenvalue weighted by molar-refractivity contribution is 6.32. The molecule has 0 aliphatic heterocycles. The van der Waals surface area contributed by atoms with Crippen LogP contribution >= 0.6 is 11.6 Å². The second-order valence-electron chi connectivity index (χ2n) is 4.80. The fourth-order valence-corrected chi connectivity index (χ4v) is 2.35. The Labute approximate surface area is 140 Å². The molecule has 0 fully saturated rings. The number of hydrogen-bond donors (Lipinski definition) is 2. The second kappa shape index (κ2) is 8.29. The average Bonchev–Trinajstić information content (AvgIpc) is 2.56. The molecule has 2 rings (SSSR count). The molecule has 23 heavy (non-hydrogen) atoms. The van der Waals surface area contributed by atoms with Crippen molar-refractivity contribution in [2.45, 2.75) is 6.42 Å². The maximum Gasteiger partial charge on any atom is 0.319 e. The smallest absolute Gasteiger partial charge is 0.319 e. The number of urea groups is 1. The van der Waals surface area contributed by atoms with E-state index in [0.717, 1.165) is 17.7 Å². The number of rotatable bonds is 6. The first kappa shape index (κ1) is 17.0. The lowest BCUT2D eigenvalue weighted by Crippen LogP contribution is -2.30. The zero-order chi connectivity index (χ0) is 16.7. The van der Waals surface area contributed by atoms with Crippen LogP contribution in [0.3, 0.4) is 0 Å². The number of amides is 2. The van der Waals surface area contributed by atoms with Crippen molar-refractivity contribution in [3.05, 3.63) is 53.1 Å². The summed E-state index contributed by atoms with van der Waals surface area (Å²) < 4.78 is 10.3. The fourth-order valence-electron chi connectivity index (χ4n) is 2.09. The third-order valence-corrected chi connectivity index (χ3v) is 3.58. The predicted molar refractivity (Wildman–Crippen MR) is 91.7 cm³/mol. The third kappa shape index (κ3) is 4.79. The second-order valence-corrected chi connectivity index (χ2v) is 5.21. The summed E-state index contributed by atoms with van der Waals surface area (Å²) in [5.41, 5.74) is 1.65. The summed E-state index contributed by atoms with van der Waals surface area (Å²) in [6, 6.07) is 12.6. The lowest BCUT2D eigenvalue weighted by molar-refractivity contribution is 0.252. The van der Waals surface area contributed by atoms with Crippen LogP contribution < -0.4 is 20.1 Å². The van der Waals surface area contributed by atoms with E-state index in [1.165, 1.54) is 7.11 Å². The molecule has 2 amide bonds. The molecule has 0 radical (unpaired) electrons. The Bertz CT molecular complexity index is 659. The van der Waals surface area contributed by atoms with Crippen LogP contribution in [0.4, 0.5) is 10.5 Å². The van der Waals surface area contributed by atoms with E-state index in [4.69, 9.17) is 21.1 Å². The highest BCUT2D eigenvalue weighted by Crippen LogP contribution is 2.32. The van der Waals surface area contributed by atoms with Gasteiger partial charge in [0.15, 0.2) is 5.75 Å². The summed E-state index contributed by atoms with van der Waals surface area (Å²) in [7, 11) is 3.14. The van der Waals surface area contributed by atoms with Crippen LogP contribution in [0.5, 0.6) is 11.5 Å². The summed E-state index contributed by atoms with van der Waals surface area (Å²) in [6.45, 7) is 0.515. The van der Waals surface area contributed by atoms with Gasteiger partial charge in [0, 0.05) is 6.54 Å². The normalized spacial score (nSPS) is 10.0. The van der Waals surface area contributed by atoms with E-state index in [9.17, 15) is 4.79 Å². The minimum absolute atomic E-state index is 0.306. The number of benzene rings is 2. The van der Waals surface area contributed by atoms with Gasteiger partial charge in [-0.15, -0.1) is 0 Å². The molecule has 5 nitrogen and oxygen atoms in total. The van der Waals surface area contributed by atoms with Crippen molar-refractivity contribution in [3.8, 4) is 11.5 Å². The van der Waals surface area contributed by atoms with E-state index in [0.29, 0.717) is 23.0 Å². The summed E-state index contributed by atoms with van der Waals surface area (Å²) in [5, 5.41) is 5.97. The van der Waals surface area contributed by atoms with Gasteiger partial charge in [0.2, 0.25) is 0 Å². The van der Waals surface area contributed by atoms with Crippen molar-refractivity contribution in [3.63, 3.8) is 0 Å². The Morgan fingerprint density at radius 1 is 1.09 bits per heavy atom. The van der Waals surface area contributed by atoms with Crippen LogP contribution in [0.1, 0.15) is 5.56 Å². The standard InChI is InChI=1S/C17H19ClN2O3/c1-22-13-8-6-12(7-9-13)10-11-19-17(21)20-15-5-3-4-14(18)16(15)23-2/h3-9H,10-11H2,1-2H3,(H2,19,20,21). The summed E-state index contributed by atoms with van der Waals surface area (Å²) in [5.74, 6) is 1.26. The van der Waals surface area contributed by atoms with Gasteiger partial charge in [-0.25, -0.2) is 4.79 Å². The maximum absolute atomic E-state index is 11.9. The molecule has 0 saturated carbocycles. The molecule has 0 spiro atoms. The van der Waals surface area contributed by atoms with Crippen LogP contribution in [-0.4, -0.2) is 26.8 Å². The van der Waals surface area contributed by atoms with E-state index in [1.807, 2.05) is 24.3 Å². The lowest BCUT2D eigenvalue weighted by atomic mass is 10.1. The molecule has 0 unspecified atom stereocenters. The van der Waals surface area contributed by atoms with Crippen LogP contribution in [0.25, 0.3) is 0 Å². The van der Waals surface area contributed by atoms with E-state index < -0.39 is 0 Å². The van der Waals surface area contributed by atoms with E-state index >= 15 is 0 Å². The molecule has 6 heteroatoms. The number of carbonyl (C=O) groups is 1. The average molecular weight is 335 g/mol. The Morgan fingerprint density at radius 3 is 2.48 bits per heavy atom. The molecule has 0 atom stereocenters. The predicted octanol–water partition coefficient (Wildman–Crippen LogP) is 3.72. The Morgan fingerprint density at radius 2 is 1.83 bits per heavy atom. The topological polar surface area (TPSA) is 59.6 Å². The summed E-state index contributed by atoms with van der Waals surface area (Å²) in [6.07, 6.45) is 0.726. The van der Waals surface area contributed by atoms with Crippen LogP contribution in [0, 0.1) is 0 Å². The molecular formula is C17H19ClN2O3. The largest absolute Gasteiger partial charge is 0.497 e. The van der Waals surface area contributed by atoms with E-state index in [-0.39, 0.29) is 6.03 Å². The van der Waals surface area contributed by atoms with Gasteiger partial charge in [-0.2, -0.15) is 0 Å². The van der Waals surface area contributed by atoms with Crippen LogP contribution in [0.2, 0.25) is 5.02 Å². The number of para-hydroxylation sites is 1. The van der Waals surface area contributed by atoms with Crippen molar-refractivity contribution in [2.75, 3.05) is 26.1 Å². The lowest BCUT2D eigenvalue weighted by Gasteiger charge is -2.12. The van der Waals surface area contributed by atoms with Gasteiger partial charge < -0.3 is 20.1 Å². The number of nitrogens with one attached hydrogen (secondary N) is 2. The molecule has 0 aliphatic rings. The van der Waals surface area contributed by atoms with Gasteiger partial charge in [-0.05, 0) is 36.2 Å². The van der Waals surface area contributed by atoms with Gasteiger partial charge in [0.1, 0.15) is 5.75 Å². The SMILES string of the molecule is COc1ccc(CCNC(=O)Nc2cccc(Cl)c2OC)cc1. The van der Waals surface area contributed by atoms with Crippen molar-refractivity contribution in [2.24, 2.45) is 0 Å². The number of anilines is 1. The molecule has 0 heterocycles. The number of hydrogen-bond acceptors (Lipinski definition) is 3. The Hall–Kier alpha value is -2.40. The summed E-state index contributed by atoms with van der Waals surface area (Å²) >= 11 is 6.02. The molecular weight excluding hydrogens is 316 g/mol. The zero-order valence-corrected chi connectivity index (χ0v) is 13.8. The van der Waals surface area contributed by atoms with E-state index in [2.05, 4.69) is 10.6 Å². The molecule has 0 aromatic heterocycles. The first-order chi connectivity index (χ1) is 11.1. The van der Waals surface area contributed by atoms with Gasteiger partial charge in [0.25, 0.3) is 0 Å². The van der Waals surface area contributed by atoms with Gasteiger partial charge in [0.05, 0.1) is 24.9 Å². The maximum atomic E-state index is 11.9. The highest BCUT2D eigenvalue weighted by Gasteiger charge is 2.09. The van der Waals surface area contributed by atoms with Crippen LogP contribution in [0.15, 0.2) is 42.5 Å². The molecule has 0 bridgehead atoms. The fraction of sp³-hybridized carbons (Fsp3) is 0.235. The molecule has 0 saturated heterocycles. The zero-order valence-electron chi connectivity index (χ0n) is 13.1. The first-order valence-corrected chi connectivity index (χ1v) is 7.52. The number of carbonyl (C=O) groups excluding carboxylic acids is 1. The van der Waals surface area contributed by atoms with Crippen molar-refractivity contribution >= 4 is 23.3 Å².